The molecule has 0 aromatic heterocycles. The molecule has 0 fully saturated rings. The van der Waals surface area contributed by atoms with Crippen molar-refractivity contribution in [3.05, 3.63) is 23.8 Å². The minimum absolute atomic E-state index is 0. The zero-order valence-electron chi connectivity index (χ0n) is 9.48. The Labute approximate surface area is 189 Å². The van der Waals surface area contributed by atoms with Crippen molar-refractivity contribution in [3.63, 3.8) is 0 Å². The Morgan fingerprint density at radius 3 is 1.78 bits per heavy atom. The van der Waals surface area contributed by atoms with Gasteiger partial charge in [-0.1, -0.05) is 0 Å². The Kier molecular flexibility index (Phi) is 10.4. The van der Waals surface area contributed by atoms with Gasteiger partial charge in [-0.2, -0.15) is 0 Å². The van der Waals surface area contributed by atoms with Crippen LogP contribution in [-0.4, -0.2) is 32.2 Å². The third kappa shape index (κ3) is 6.17. The molecule has 0 aliphatic heterocycles. The maximum atomic E-state index is 10.7. The average Bonchev–Trinajstić information content (AvgIpc) is 2.14. The Hall–Kier alpha value is 1.98. The van der Waals surface area contributed by atoms with Crippen LogP contribution in [0.1, 0.15) is 10.4 Å². The number of carbonyl (C=O) groups excluding carboxylic acids is 1. The number of hydrogen-bond donors (Lipinski definition) is 0. The van der Waals surface area contributed by atoms with Crippen molar-refractivity contribution in [2.45, 2.75) is 9.79 Å². The van der Waals surface area contributed by atoms with E-state index in [1.807, 2.05) is 0 Å². The smallest absolute Gasteiger partial charge is 0.744 e. The van der Waals surface area contributed by atoms with Crippen LogP contribution in [0.3, 0.4) is 0 Å². The molecule has 0 saturated carbocycles. The maximum absolute atomic E-state index is 10.7. The van der Waals surface area contributed by atoms with Crippen molar-refractivity contribution in [3.8, 4) is 0 Å². The first kappa shape index (κ1) is 22.3. The summed E-state index contributed by atoms with van der Waals surface area (Å²) >= 11 is 0. The summed E-state index contributed by atoms with van der Waals surface area (Å²) in [6.07, 6.45) is 0.0754. The third-order valence-electron chi connectivity index (χ3n) is 1.67. The molecule has 0 bridgehead atoms. The first-order chi connectivity index (χ1) is 7.16. The summed E-state index contributed by atoms with van der Waals surface area (Å²) in [6, 6.07) is 1.90. The van der Waals surface area contributed by atoms with Gasteiger partial charge in [0.05, 0.1) is 9.79 Å². The van der Waals surface area contributed by atoms with Crippen LogP contribution in [0.2, 0.25) is 0 Å². The molecule has 0 N–H and O–H groups in total. The van der Waals surface area contributed by atoms with Crippen LogP contribution >= 0.6 is 0 Å². The van der Waals surface area contributed by atoms with E-state index in [-0.39, 0.29) is 109 Å². The Balaban J connectivity index is 0. The number of rotatable bonds is 3. The molecule has 11 heteroatoms. The van der Waals surface area contributed by atoms with Crippen LogP contribution in [0.25, 0.3) is 0 Å². The Bertz CT molecular complexity index is 636. The minimum atomic E-state index is -5.01. The second-order valence-corrected chi connectivity index (χ2v) is 5.45. The summed E-state index contributed by atoms with van der Waals surface area (Å²) in [5.74, 6) is 0. The van der Waals surface area contributed by atoms with Gasteiger partial charge in [-0.05, 0) is 18.2 Å². The van der Waals surface area contributed by atoms with E-state index in [9.17, 15) is 30.7 Å². The van der Waals surface area contributed by atoms with E-state index in [4.69, 9.17) is 0 Å². The van der Waals surface area contributed by atoms with Gasteiger partial charge in [-0.15, -0.1) is 0 Å². The molecule has 0 atom stereocenters. The molecule has 88 valence electrons. The Morgan fingerprint density at radius 1 is 0.944 bits per heavy atom. The molecule has 1 aromatic rings. The molecule has 0 unspecified atom stereocenters. The van der Waals surface area contributed by atoms with Crippen molar-refractivity contribution in [1.29, 1.82) is 0 Å². The number of benzene rings is 1. The van der Waals surface area contributed by atoms with Crippen molar-refractivity contribution >= 4 is 26.5 Å². The standard InChI is InChI=1S/C7H6O7S2.2K/c8-4-5-1-2-6(15(9,10)11)3-7(5)16(12,13)14;;/h1-4H,(H,9,10,11)(H,12,13,14);;/q;2*+1/p-2. The van der Waals surface area contributed by atoms with Crippen LogP contribution < -0.4 is 103 Å². The van der Waals surface area contributed by atoms with Crippen LogP contribution in [0.5, 0.6) is 0 Å². The topological polar surface area (TPSA) is 131 Å². The normalized spacial score (nSPS) is 11.0. The van der Waals surface area contributed by atoms with Gasteiger partial charge in [0.2, 0.25) is 0 Å². The Morgan fingerprint density at radius 2 is 1.44 bits per heavy atom. The number of carbonyl (C=O) groups is 1. The zero-order valence-corrected chi connectivity index (χ0v) is 17.4. The molecule has 0 saturated heterocycles. The SMILES string of the molecule is O=Cc1ccc(S(=O)(=O)[O-])cc1S(=O)(=O)[O-].[K+].[K+]. The van der Waals surface area contributed by atoms with Crippen molar-refractivity contribution in [2.24, 2.45) is 0 Å². The van der Waals surface area contributed by atoms with Gasteiger partial charge >= 0.3 is 103 Å². The van der Waals surface area contributed by atoms with E-state index in [1.165, 1.54) is 0 Å². The second kappa shape index (κ2) is 8.43. The molecule has 0 radical (unpaired) electrons. The van der Waals surface area contributed by atoms with E-state index in [0.717, 1.165) is 12.1 Å². The third-order valence-corrected chi connectivity index (χ3v) is 3.39. The minimum Gasteiger partial charge on any atom is -0.744 e. The van der Waals surface area contributed by atoms with Crippen molar-refractivity contribution in [2.75, 3.05) is 0 Å². The predicted octanol–water partition coefficient (Wildman–Crippen LogP) is -6.68. The number of hydrogen-bond acceptors (Lipinski definition) is 7. The molecule has 0 aliphatic carbocycles. The van der Waals surface area contributed by atoms with Gasteiger partial charge in [0.15, 0.2) is 6.29 Å². The summed E-state index contributed by atoms with van der Waals surface area (Å²) in [5.41, 5.74) is -0.498. The fourth-order valence-corrected chi connectivity index (χ4v) is 2.23. The zero-order chi connectivity index (χ0) is 12.6. The fourth-order valence-electron chi connectivity index (χ4n) is 0.984. The van der Waals surface area contributed by atoms with E-state index < -0.39 is 35.6 Å². The van der Waals surface area contributed by atoms with Gasteiger partial charge in [0.25, 0.3) is 0 Å². The predicted molar refractivity (Wildman–Crippen MR) is 47.8 cm³/mol. The summed E-state index contributed by atoms with van der Waals surface area (Å²) in [4.78, 5) is 8.49. The van der Waals surface area contributed by atoms with Crippen LogP contribution in [0.15, 0.2) is 28.0 Å². The van der Waals surface area contributed by atoms with Crippen molar-refractivity contribution < 1.29 is 134 Å². The molecular weight excluding hydrogens is 338 g/mol. The molecule has 1 aromatic carbocycles. The summed E-state index contributed by atoms with van der Waals surface area (Å²) < 4.78 is 63.8. The molecule has 7 nitrogen and oxygen atoms in total. The van der Waals surface area contributed by atoms with Gasteiger partial charge < -0.3 is 9.11 Å². The molecule has 0 aliphatic rings. The van der Waals surface area contributed by atoms with Gasteiger partial charge in [0.1, 0.15) is 20.2 Å². The maximum Gasteiger partial charge on any atom is 1.00 e. The molecular formula is C7H4K2O7S2. The first-order valence-corrected chi connectivity index (χ1v) is 6.49. The molecule has 1 rings (SSSR count). The fraction of sp³-hybridized carbons (Fsp3) is 0. The molecule has 0 amide bonds. The van der Waals surface area contributed by atoms with E-state index >= 15 is 0 Å². The largest absolute Gasteiger partial charge is 1.00 e. The number of aldehydes is 1. The second-order valence-electron chi connectivity index (χ2n) is 2.73. The van der Waals surface area contributed by atoms with Crippen LogP contribution in [-0.2, 0) is 20.2 Å². The molecule has 0 spiro atoms. The average molecular weight is 342 g/mol. The van der Waals surface area contributed by atoms with E-state index in [1.54, 1.807) is 0 Å². The monoisotopic (exact) mass is 342 g/mol. The van der Waals surface area contributed by atoms with E-state index in [0.29, 0.717) is 6.07 Å². The summed E-state index contributed by atoms with van der Waals surface area (Å²) in [6.45, 7) is 0. The van der Waals surface area contributed by atoms with Crippen molar-refractivity contribution in [1.82, 2.24) is 0 Å². The molecule has 18 heavy (non-hydrogen) atoms. The first-order valence-electron chi connectivity index (χ1n) is 3.67. The van der Waals surface area contributed by atoms with Gasteiger partial charge in [0, 0.05) is 5.56 Å². The summed E-state index contributed by atoms with van der Waals surface area (Å²) in [5, 5.41) is 0. The van der Waals surface area contributed by atoms with Crippen LogP contribution in [0.4, 0.5) is 0 Å². The summed E-state index contributed by atoms with van der Waals surface area (Å²) in [7, 11) is -9.89. The van der Waals surface area contributed by atoms with Gasteiger partial charge in [-0.3, -0.25) is 4.79 Å². The van der Waals surface area contributed by atoms with E-state index in [2.05, 4.69) is 0 Å². The van der Waals surface area contributed by atoms with Crippen LogP contribution in [0, 0.1) is 0 Å². The van der Waals surface area contributed by atoms with Gasteiger partial charge in [-0.25, -0.2) is 16.8 Å². The molecule has 0 heterocycles. The quantitative estimate of drug-likeness (QED) is 0.303.